The zero-order valence-electron chi connectivity index (χ0n) is 21.8. The molecule has 0 bridgehead atoms. The van der Waals surface area contributed by atoms with Gasteiger partial charge in [-0.05, 0) is 98.9 Å². The summed E-state index contributed by atoms with van der Waals surface area (Å²) in [5.41, 5.74) is -1.05. The van der Waals surface area contributed by atoms with E-state index in [0.29, 0.717) is 52.7 Å². The van der Waals surface area contributed by atoms with Gasteiger partial charge in [0.25, 0.3) is 0 Å². The number of carbonyl (C=O) groups is 2. The van der Waals surface area contributed by atoms with Gasteiger partial charge in [0.15, 0.2) is 0 Å². The Bertz CT molecular complexity index is 758. The van der Waals surface area contributed by atoms with Crippen LogP contribution in [0.3, 0.4) is 0 Å². The maximum absolute atomic E-state index is 11.6. The number of halogens is 2. The molecule has 0 unspecified atom stereocenters. The molecule has 0 saturated heterocycles. The summed E-state index contributed by atoms with van der Waals surface area (Å²) in [5, 5.41) is 5.28. The molecule has 2 N–H and O–H groups in total. The summed E-state index contributed by atoms with van der Waals surface area (Å²) in [4.78, 5) is 23.1. The molecule has 1 rings (SSSR count). The van der Waals surface area contributed by atoms with E-state index < -0.39 is 23.4 Å². The number of amides is 2. The van der Waals surface area contributed by atoms with E-state index in [1.807, 2.05) is 53.7 Å². The van der Waals surface area contributed by atoms with E-state index in [-0.39, 0.29) is 0 Å². The van der Waals surface area contributed by atoms with Gasteiger partial charge in [-0.25, -0.2) is 9.59 Å². The lowest BCUT2D eigenvalue weighted by Crippen LogP contribution is -2.34. The molecule has 1 aromatic carbocycles. The van der Waals surface area contributed by atoms with Gasteiger partial charge in [0, 0.05) is 13.1 Å². The van der Waals surface area contributed by atoms with Crippen LogP contribution in [0, 0.1) is 7.14 Å². The first kappa shape index (κ1) is 32.8. The summed E-state index contributed by atoms with van der Waals surface area (Å²) in [5.74, 6) is 1.49. The van der Waals surface area contributed by atoms with E-state index in [0.717, 1.165) is 18.6 Å². The smallest absolute Gasteiger partial charge is 0.407 e. The van der Waals surface area contributed by atoms with Crippen LogP contribution in [0.2, 0.25) is 0 Å². The SMILES string of the molecule is CC(C)(C)OC(=O)NCCOCCOc1cc(I)c(OCCOCCNC(=O)OC(C)(C)C)cc1I. The van der Waals surface area contributed by atoms with Crippen molar-refractivity contribution in [3.8, 4) is 11.5 Å². The first-order valence-electron chi connectivity index (χ1n) is 11.6. The third kappa shape index (κ3) is 16.5. The minimum atomic E-state index is -0.524. The summed E-state index contributed by atoms with van der Waals surface area (Å²) in [6.07, 6.45) is -0.925. The van der Waals surface area contributed by atoms with Gasteiger partial charge < -0.3 is 39.1 Å². The van der Waals surface area contributed by atoms with Crippen LogP contribution in [0.4, 0.5) is 9.59 Å². The van der Waals surface area contributed by atoms with Crippen molar-refractivity contribution in [1.82, 2.24) is 10.6 Å². The van der Waals surface area contributed by atoms with E-state index in [1.54, 1.807) is 0 Å². The molecule has 0 heterocycles. The van der Waals surface area contributed by atoms with Crippen LogP contribution in [-0.4, -0.2) is 76.1 Å². The maximum Gasteiger partial charge on any atom is 0.407 e. The Morgan fingerprint density at radius 2 is 1.03 bits per heavy atom. The van der Waals surface area contributed by atoms with Crippen LogP contribution in [0.1, 0.15) is 41.5 Å². The fourth-order valence-corrected chi connectivity index (χ4v) is 3.62. The Hall–Kier alpha value is -1.26. The van der Waals surface area contributed by atoms with E-state index in [4.69, 9.17) is 28.4 Å². The predicted octanol–water partition coefficient (Wildman–Crippen LogP) is 4.74. The van der Waals surface area contributed by atoms with E-state index in [9.17, 15) is 9.59 Å². The van der Waals surface area contributed by atoms with Crippen molar-refractivity contribution in [2.75, 3.05) is 52.7 Å². The molecule has 0 spiro atoms. The zero-order valence-corrected chi connectivity index (χ0v) is 26.1. The van der Waals surface area contributed by atoms with E-state index in [2.05, 4.69) is 55.8 Å². The first-order valence-corrected chi connectivity index (χ1v) is 13.8. The maximum atomic E-state index is 11.6. The molecular formula is C24H38I2N2O8. The fourth-order valence-electron chi connectivity index (χ4n) is 2.44. The highest BCUT2D eigenvalue weighted by Crippen LogP contribution is 2.31. The number of carbonyl (C=O) groups excluding carboxylic acids is 2. The van der Waals surface area contributed by atoms with Gasteiger partial charge in [0.05, 0.1) is 33.6 Å². The Balaban J connectivity index is 2.20. The van der Waals surface area contributed by atoms with Gasteiger partial charge in [-0.1, -0.05) is 0 Å². The standard InChI is InChI=1S/C24H38I2N2O8/c1-23(2,3)35-21(29)27-7-9-31-11-13-33-19-15-18(26)20(16-17(19)25)34-14-12-32-10-8-28-22(30)36-24(4,5)6/h15-16H,7-14H2,1-6H3,(H,27,29)(H,28,30). The Kier molecular flexibility index (Phi) is 15.1. The van der Waals surface area contributed by atoms with Crippen LogP contribution >= 0.6 is 45.2 Å². The summed E-state index contributed by atoms with van der Waals surface area (Å²) in [6.45, 7) is 13.9. The van der Waals surface area contributed by atoms with E-state index in [1.165, 1.54) is 0 Å². The second kappa shape index (κ2) is 16.6. The Morgan fingerprint density at radius 1 is 0.667 bits per heavy atom. The molecule has 10 nitrogen and oxygen atoms in total. The van der Waals surface area contributed by atoms with Gasteiger partial charge >= 0.3 is 12.2 Å². The average Bonchev–Trinajstić information content (AvgIpc) is 2.72. The highest BCUT2D eigenvalue weighted by molar-refractivity contribution is 14.1. The van der Waals surface area contributed by atoms with Crippen LogP contribution < -0.4 is 20.1 Å². The van der Waals surface area contributed by atoms with Crippen molar-refractivity contribution in [3.05, 3.63) is 19.3 Å². The Labute approximate surface area is 241 Å². The lowest BCUT2D eigenvalue weighted by Gasteiger charge is -2.19. The molecule has 0 aliphatic heterocycles. The molecule has 0 aliphatic carbocycles. The number of hydrogen-bond acceptors (Lipinski definition) is 8. The minimum absolute atomic E-state index is 0.361. The van der Waals surface area contributed by atoms with Crippen LogP contribution in [0.5, 0.6) is 11.5 Å². The molecule has 36 heavy (non-hydrogen) atoms. The topological polar surface area (TPSA) is 114 Å². The molecule has 12 heteroatoms. The molecule has 0 atom stereocenters. The lowest BCUT2D eigenvalue weighted by molar-refractivity contribution is 0.0478. The number of hydrogen-bond donors (Lipinski definition) is 2. The van der Waals surface area contributed by atoms with Crippen LogP contribution in [-0.2, 0) is 18.9 Å². The highest BCUT2D eigenvalue weighted by atomic mass is 127. The number of nitrogens with one attached hydrogen (secondary N) is 2. The zero-order chi connectivity index (χ0) is 27.2. The average molecular weight is 736 g/mol. The summed E-state index contributed by atoms with van der Waals surface area (Å²) < 4.78 is 34.7. The predicted molar refractivity (Wildman–Crippen MR) is 153 cm³/mol. The number of rotatable bonds is 14. The van der Waals surface area contributed by atoms with Crippen molar-refractivity contribution >= 4 is 57.4 Å². The first-order chi connectivity index (χ1) is 16.8. The molecule has 0 fully saturated rings. The quantitative estimate of drug-likeness (QED) is 0.208. The second-order valence-corrected chi connectivity index (χ2v) is 11.8. The Morgan fingerprint density at radius 3 is 1.36 bits per heavy atom. The molecule has 0 aromatic heterocycles. The van der Waals surface area contributed by atoms with Gasteiger partial charge in [-0.3, -0.25) is 0 Å². The third-order valence-electron chi connectivity index (χ3n) is 3.79. The van der Waals surface area contributed by atoms with Crippen molar-refractivity contribution in [3.63, 3.8) is 0 Å². The fraction of sp³-hybridized carbons (Fsp3) is 0.667. The number of alkyl carbamates (subject to hydrolysis) is 2. The van der Waals surface area contributed by atoms with Gasteiger partial charge in [-0.2, -0.15) is 0 Å². The van der Waals surface area contributed by atoms with Gasteiger partial charge in [0.2, 0.25) is 0 Å². The molecule has 1 aromatic rings. The minimum Gasteiger partial charge on any atom is -0.490 e. The largest absolute Gasteiger partial charge is 0.490 e. The van der Waals surface area contributed by atoms with Gasteiger partial charge in [0.1, 0.15) is 35.9 Å². The lowest BCUT2D eigenvalue weighted by atomic mass is 10.2. The number of benzene rings is 1. The summed E-state index contributed by atoms with van der Waals surface area (Å²) in [6, 6.07) is 3.82. The van der Waals surface area contributed by atoms with Crippen LogP contribution in [0.15, 0.2) is 12.1 Å². The van der Waals surface area contributed by atoms with Crippen molar-refractivity contribution in [1.29, 1.82) is 0 Å². The molecule has 0 radical (unpaired) electrons. The van der Waals surface area contributed by atoms with Crippen LogP contribution in [0.25, 0.3) is 0 Å². The summed E-state index contributed by atoms with van der Waals surface area (Å²) >= 11 is 4.39. The third-order valence-corrected chi connectivity index (χ3v) is 5.47. The second-order valence-electron chi connectivity index (χ2n) is 9.49. The normalized spacial score (nSPS) is 11.6. The molecule has 0 aliphatic rings. The van der Waals surface area contributed by atoms with Crippen molar-refractivity contribution in [2.45, 2.75) is 52.7 Å². The molecular weight excluding hydrogens is 698 g/mol. The monoisotopic (exact) mass is 736 g/mol. The number of ether oxygens (including phenoxy) is 6. The molecule has 2 amide bonds. The molecule has 206 valence electrons. The van der Waals surface area contributed by atoms with Crippen molar-refractivity contribution < 1.29 is 38.0 Å². The highest BCUT2D eigenvalue weighted by Gasteiger charge is 2.16. The van der Waals surface area contributed by atoms with Gasteiger partial charge in [-0.15, -0.1) is 0 Å². The molecule has 0 saturated carbocycles. The van der Waals surface area contributed by atoms with Crippen molar-refractivity contribution in [2.24, 2.45) is 0 Å². The summed E-state index contributed by atoms with van der Waals surface area (Å²) in [7, 11) is 0. The van der Waals surface area contributed by atoms with E-state index >= 15 is 0 Å².